The summed E-state index contributed by atoms with van der Waals surface area (Å²) in [6.45, 7) is -0.0134. The van der Waals surface area contributed by atoms with Crippen molar-refractivity contribution in [3.05, 3.63) is 45.6 Å². The van der Waals surface area contributed by atoms with Gasteiger partial charge in [0.05, 0.1) is 17.5 Å². The summed E-state index contributed by atoms with van der Waals surface area (Å²) in [5, 5.41) is 12.7. The summed E-state index contributed by atoms with van der Waals surface area (Å²) in [4.78, 5) is 14.6. The topological polar surface area (TPSA) is 53.1 Å². The fourth-order valence-corrected chi connectivity index (χ4v) is 2.81. The van der Waals surface area contributed by atoms with E-state index in [2.05, 4.69) is 4.98 Å². The Morgan fingerprint density at radius 1 is 1.25 bits per heavy atom. The van der Waals surface area contributed by atoms with Gasteiger partial charge in [0, 0.05) is 10.1 Å². The maximum absolute atomic E-state index is 11.7. The van der Waals surface area contributed by atoms with E-state index in [0.29, 0.717) is 0 Å². The molecule has 0 atom stereocenters. The first-order valence-electron chi connectivity index (χ1n) is 4.92. The van der Waals surface area contributed by atoms with Gasteiger partial charge in [0.2, 0.25) is 0 Å². The van der Waals surface area contributed by atoms with Crippen LogP contribution in [0.3, 0.4) is 0 Å². The molecule has 0 spiro atoms. The third-order valence-corrected chi connectivity index (χ3v) is 3.62. The minimum atomic E-state index is -0.0705. The molecule has 0 bridgehead atoms. The van der Waals surface area contributed by atoms with Crippen molar-refractivity contribution >= 4 is 32.3 Å². The molecule has 2 aromatic heterocycles. The highest BCUT2D eigenvalue weighted by Gasteiger charge is 2.06. The maximum Gasteiger partial charge on any atom is 0.257 e. The fraction of sp³-hybridized carbons (Fsp3) is 0.0833. The van der Waals surface area contributed by atoms with Crippen molar-refractivity contribution in [2.24, 2.45) is 0 Å². The summed E-state index contributed by atoms with van der Waals surface area (Å²) in [6, 6.07) is 7.46. The number of fused-ring (bicyclic) bond motifs is 3. The SMILES string of the molecule is O=c1[nH]c2cc(CO)ccc2c2sccc12. The Balaban J connectivity index is 2.53. The van der Waals surface area contributed by atoms with Crippen LogP contribution in [0.4, 0.5) is 0 Å². The number of aromatic amines is 1. The van der Waals surface area contributed by atoms with Gasteiger partial charge >= 0.3 is 0 Å². The number of aromatic nitrogens is 1. The molecule has 0 aliphatic carbocycles. The first-order chi connectivity index (χ1) is 7.79. The van der Waals surface area contributed by atoms with E-state index in [1.54, 1.807) is 11.3 Å². The zero-order valence-electron chi connectivity index (χ0n) is 8.36. The quantitative estimate of drug-likeness (QED) is 0.674. The minimum Gasteiger partial charge on any atom is -0.392 e. The van der Waals surface area contributed by atoms with E-state index < -0.39 is 0 Å². The van der Waals surface area contributed by atoms with Crippen LogP contribution in [-0.4, -0.2) is 10.1 Å². The number of aliphatic hydroxyl groups excluding tert-OH is 1. The van der Waals surface area contributed by atoms with E-state index in [4.69, 9.17) is 5.11 Å². The standard InChI is InChI=1S/C12H9NO2S/c14-6-7-1-2-8-10(5-7)13-12(15)9-3-4-16-11(8)9/h1-5,14H,6H2,(H,13,15). The predicted octanol–water partition coefficient (Wildman–Crippen LogP) is 2.24. The molecule has 4 heteroatoms. The van der Waals surface area contributed by atoms with Gasteiger partial charge in [-0.3, -0.25) is 4.79 Å². The highest BCUT2D eigenvalue weighted by Crippen LogP contribution is 2.26. The van der Waals surface area contributed by atoms with Gasteiger partial charge in [0.15, 0.2) is 0 Å². The molecule has 3 aromatic rings. The van der Waals surface area contributed by atoms with Crippen molar-refractivity contribution < 1.29 is 5.11 Å². The molecule has 0 amide bonds. The molecule has 0 aliphatic heterocycles. The predicted molar refractivity (Wildman–Crippen MR) is 65.9 cm³/mol. The Kier molecular flexibility index (Phi) is 2.05. The van der Waals surface area contributed by atoms with Crippen molar-refractivity contribution in [1.82, 2.24) is 4.98 Å². The van der Waals surface area contributed by atoms with Gasteiger partial charge in [0.1, 0.15) is 0 Å². The summed E-state index contributed by atoms with van der Waals surface area (Å²) in [5.41, 5.74) is 1.52. The lowest BCUT2D eigenvalue weighted by Crippen LogP contribution is -2.04. The Morgan fingerprint density at radius 3 is 2.94 bits per heavy atom. The minimum absolute atomic E-state index is 0.0134. The van der Waals surface area contributed by atoms with E-state index >= 15 is 0 Å². The van der Waals surface area contributed by atoms with Gasteiger partial charge in [-0.05, 0) is 23.1 Å². The molecule has 0 fully saturated rings. The number of H-pyrrole nitrogens is 1. The van der Waals surface area contributed by atoms with E-state index in [0.717, 1.165) is 26.6 Å². The molecule has 0 aliphatic rings. The first kappa shape index (κ1) is 9.57. The van der Waals surface area contributed by atoms with Gasteiger partial charge in [-0.1, -0.05) is 12.1 Å². The second kappa shape index (κ2) is 3.43. The lowest BCUT2D eigenvalue weighted by molar-refractivity contribution is 0.282. The lowest BCUT2D eigenvalue weighted by Gasteiger charge is -2.01. The zero-order valence-corrected chi connectivity index (χ0v) is 9.17. The van der Waals surface area contributed by atoms with E-state index in [1.807, 2.05) is 29.6 Å². The lowest BCUT2D eigenvalue weighted by atomic mass is 10.1. The van der Waals surface area contributed by atoms with Crippen molar-refractivity contribution in [2.75, 3.05) is 0 Å². The van der Waals surface area contributed by atoms with Crippen LogP contribution in [0.5, 0.6) is 0 Å². The maximum atomic E-state index is 11.7. The molecule has 2 N–H and O–H groups in total. The number of benzene rings is 1. The largest absolute Gasteiger partial charge is 0.392 e. The van der Waals surface area contributed by atoms with Crippen molar-refractivity contribution in [3.63, 3.8) is 0 Å². The number of hydrogen-bond donors (Lipinski definition) is 2. The highest BCUT2D eigenvalue weighted by atomic mass is 32.1. The molecule has 3 rings (SSSR count). The normalized spacial score (nSPS) is 11.3. The van der Waals surface area contributed by atoms with Crippen LogP contribution in [-0.2, 0) is 6.61 Å². The van der Waals surface area contributed by atoms with Crippen LogP contribution in [0.2, 0.25) is 0 Å². The second-order valence-electron chi connectivity index (χ2n) is 3.66. The van der Waals surface area contributed by atoms with Crippen LogP contribution in [0, 0.1) is 0 Å². The Hall–Kier alpha value is -1.65. The van der Waals surface area contributed by atoms with Crippen molar-refractivity contribution in [1.29, 1.82) is 0 Å². The summed E-state index contributed by atoms with van der Waals surface area (Å²) in [5.74, 6) is 0. The summed E-state index contributed by atoms with van der Waals surface area (Å²) >= 11 is 1.56. The smallest absolute Gasteiger partial charge is 0.257 e. The Morgan fingerprint density at radius 2 is 2.12 bits per heavy atom. The van der Waals surface area contributed by atoms with Crippen molar-refractivity contribution in [3.8, 4) is 0 Å². The molecule has 0 saturated heterocycles. The van der Waals surface area contributed by atoms with Crippen LogP contribution in [0.25, 0.3) is 21.0 Å². The van der Waals surface area contributed by atoms with E-state index in [1.165, 1.54) is 0 Å². The van der Waals surface area contributed by atoms with Gasteiger partial charge in [-0.15, -0.1) is 11.3 Å². The third kappa shape index (κ3) is 1.27. The van der Waals surface area contributed by atoms with Gasteiger partial charge < -0.3 is 10.1 Å². The molecule has 2 heterocycles. The number of thiophene rings is 1. The molecule has 16 heavy (non-hydrogen) atoms. The molecular weight excluding hydrogens is 222 g/mol. The summed E-state index contributed by atoms with van der Waals surface area (Å²) in [6.07, 6.45) is 0. The van der Waals surface area contributed by atoms with Gasteiger partial charge in [-0.25, -0.2) is 0 Å². The first-order valence-corrected chi connectivity index (χ1v) is 5.80. The average molecular weight is 231 g/mol. The molecule has 0 radical (unpaired) electrons. The number of nitrogens with one attached hydrogen (secondary N) is 1. The summed E-state index contributed by atoms with van der Waals surface area (Å²) < 4.78 is 1.00. The van der Waals surface area contributed by atoms with Crippen LogP contribution in [0.15, 0.2) is 34.4 Å². The number of aliphatic hydroxyl groups is 1. The van der Waals surface area contributed by atoms with Crippen LogP contribution >= 0.6 is 11.3 Å². The Bertz CT molecular complexity index is 727. The molecule has 0 unspecified atom stereocenters. The average Bonchev–Trinajstić information content (AvgIpc) is 2.78. The molecule has 3 nitrogen and oxygen atoms in total. The van der Waals surface area contributed by atoms with E-state index in [-0.39, 0.29) is 12.2 Å². The molecule has 0 saturated carbocycles. The number of hydrogen-bond acceptors (Lipinski definition) is 3. The Labute approximate surface area is 95.0 Å². The van der Waals surface area contributed by atoms with Crippen LogP contribution < -0.4 is 5.56 Å². The summed E-state index contributed by atoms with van der Waals surface area (Å²) in [7, 11) is 0. The van der Waals surface area contributed by atoms with Crippen molar-refractivity contribution in [2.45, 2.75) is 6.61 Å². The third-order valence-electron chi connectivity index (χ3n) is 2.67. The van der Waals surface area contributed by atoms with Gasteiger partial charge in [-0.2, -0.15) is 0 Å². The molecule has 1 aromatic carbocycles. The molecular formula is C12H9NO2S. The number of rotatable bonds is 1. The number of pyridine rings is 1. The monoisotopic (exact) mass is 231 g/mol. The highest BCUT2D eigenvalue weighted by molar-refractivity contribution is 7.18. The van der Waals surface area contributed by atoms with E-state index in [9.17, 15) is 4.79 Å². The molecule has 80 valence electrons. The van der Waals surface area contributed by atoms with Crippen LogP contribution in [0.1, 0.15) is 5.56 Å². The fourth-order valence-electron chi connectivity index (χ4n) is 1.88. The van der Waals surface area contributed by atoms with Gasteiger partial charge in [0.25, 0.3) is 5.56 Å². The second-order valence-corrected chi connectivity index (χ2v) is 4.57. The zero-order chi connectivity index (χ0) is 11.1.